The van der Waals surface area contributed by atoms with Gasteiger partial charge in [0.25, 0.3) is 0 Å². The fraction of sp³-hybridized carbons (Fsp3) is 0.526. The first kappa shape index (κ1) is 17.8. The molecule has 2 saturated heterocycles. The fourth-order valence-corrected chi connectivity index (χ4v) is 4.26. The minimum absolute atomic E-state index is 0.00686. The van der Waals surface area contributed by atoms with E-state index in [9.17, 15) is 14.9 Å². The molecule has 8 heteroatoms. The number of carbonyl (C=O) groups is 2. The minimum atomic E-state index is -0.970. The number of nitrogens with one attached hydrogen (secondary N) is 3. The van der Waals surface area contributed by atoms with Crippen molar-refractivity contribution in [2.24, 2.45) is 11.8 Å². The van der Waals surface area contributed by atoms with Crippen molar-refractivity contribution >= 4 is 17.6 Å². The largest absolute Gasteiger partial charge is 0.478 e. The lowest BCUT2D eigenvalue weighted by Crippen LogP contribution is -2.52. The highest BCUT2D eigenvalue weighted by molar-refractivity contribution is 5.88. The fourth-order valence-electron chi connectivity index (χ4n) is 4.26. The first-order valence-electron chi connectivity index (χ1n) is 9.37. The average molecular weight is 369 g/mol. The van der Waals surface area contributed by atoms with E-state index in [1.807, 2.05) is 0 Å². The van der Waals surface area contributed by atoms with Crippen LogP contribution in [0.5, 0.6) is 0 Å². The first-order valence-corrected chi connectivity index (χ1v) is 9.37. The van der Waals surface area contributed by atoms with E-state index in [0.29, 0.717) is 18.9 Å². The number of piperidine rings is 1. The highest BCUT2D eigenvalue weighted by Gasteiger charge is 2.51. The predicted molar refractivity (Wildman–Crippen MR) is 97.4 cm³/mol. The van der Waals surface area contributed by atoms with Gasteiger partial charge in [-0.25, -0.2) is 15.2 Å². The smallest absolute Gasteiger partial charge is 0.335 e. The van der Waals surface area contributed by atoms with Crippen LogP contribution in [0.3, 0.4) is 0 Å². The van der Waals surface area contributed by atoms with E-state index in [0.717, 1.165) is 24.9 Å². The molecule has 1 saturated carbocycles. The molecular weight excluding hydrogens is 346 g/mol. The topological polar surface area (TPSA) is 117 Å². The molecule has 0 spiro atoms. The second kappa shape index (κ2) is 7.18. The van der Waals surface area contributed by atoms with Crippen LogP contribution in [0.1, 0.15) is 36.0 Å². The van der Waals surface area contributed by atoms with Crippen LogP contribution >= 0.6 is 0 Å². The zero-order chi connectivity index (χ0) is 19.0. The van der Waals surface area contributed by atoms with Crippen LogP contribution in [0.15, 0.2) is 24.3 Å². The van der Waals surface area contributed by atoms with E-state index in [2.05, 4.69) is 27.1 Å². The van der Waals surface area contributed by atoms with Crippen LogP contribution in [0.25, 0.3) is 0 Å². The van der Waals surface area contributed by atoms with Crippen molar-refractivity contribution in [3.8, 4) is 6.07 Å². The van der Waals surface area contributed by atoms with Gasteiger partial charge in [-0.2, -0.15) is 5.26 Å². The molecule has 2 aliphatic heterocycles. The Labute approximate surface area is 157 Å². The summed E-state index contributed by atoms with van der Waals surface area (Å²) in [7, 11) is 0. The van der Waals surface area contributed by atoms with E-state index >= 15 is 0 Å². The molecule has 4 N–H and O–H groups in total. The molecule has 4 rings (SSSR count). The molecule has 8 nitrogen and oxygen atoms in total. The lowest BCUT2D eigenvalue weighted by Gasteiger charge is -2.34. The number of fused-ring (bicyclic) bond motifs is 1. The van der Waals surface area contributed by atoms with Gasteiger partial charge in [-0.3, -0.25) is 4.79 Å². The van der Waals surface area contributed by atoms with Crippen LogP contribution in [-0.4, -0.2) is 46.8 Å². The molecule has 1 aromatic carbocycles. The zero-order valence-corrected chi connectivity index (χ0v) is 14.9. The van der Waals surface area contributed by atoms with E-state index in [1.54, 1.807) is 24.3 Å². The van der Waals surface area contributed by atoms with Crippen molar-refractivity contribution in [3.05, 3.63) is 29.8 Å². The number of rotatable bonds is 6. The summed E-state index contributed by atoms with van der Waals surface area (Å²) in [6.07, 6.45) is 3.24. The van der Waals surface area contributed by atoms with E-state index in [4.69, 9.17) is 5.11 Å². The van der Waals surface area contributed by atoms with Crippen molar-refractivity contribution in [2.45, 2.75) is 43.9 Å². The molecule has 2 heterocycles. The quantitative estimate of drug-likeness (QED) is 0.594. The zero-order valence-electron chi connectivity index (χ0n) is 14.9. The highest BCUT2D eigenvalue weighted by Crippen LogP contribution is 2.40. The van der Waals surface area contributed by atoms with Crippen LogP contribution in [-0.2, 0) is 4.79 Å². The molecule has 1 aromatic rings. The van der Waals surface area contributed by atoms with Gasteiger partial charge in [0.2, 0.25) is 5.91 Å². The second-order valence-electron chi connectivity index (χ2n) is 7.48. The summed E-state index contributed by atoms with van der Waals surface area (Å²) >= 11 is 0. The van der Waals surface area contributed by atoms with E-state index < -0.39 is 5.97 Å². The molecule has 3 fully saturated rings. The van der Waals surface area contributed by atoms with Gasteiger partial charge in [-0.15, -0.1) is 0 Å². The number of carbonyl (C=O) groups excluding carboxylic acids is 1. The van der Waals surface area contributed by atoms with Gasteiger partial charge >= 0.3 is 5.97 Å². The second-order valence-corrected chi connectivity index (χ2v) is 7.48. The van der Waals surface area contributed by atoms with Crippen molar-refractivity contribution in [3.63, 3.8) is 0 Å². The molecule has 3 aliphatic rings. The van der Waals surface area contributed by atoms with E-state index in [-0.39, 0.29) is 35.6 Å². The summed E-state index contributed by atoms with van der Waals surface area (Å²) in [5.41, 5.74) is 4.42. The van der Waals surface area contributed by atoms with Crippen LogP contribution in [0.2, 0.25) is 0 Å². The summed E-state index contributed by atoms with van der Waals surface area (Å²) in [6.45, 7) is 0.641. The molecule has 142 valence electrons. The van der Waals surface area contributed by atoms with Crippen molar-refractivity contribution in [1.82, 2.24) is 15.8 Å². The third-order valence-corrected chi connectivity index (χ3v) is 5.74. The SMILES string of the molecule is N#CC[C@@H](C1CC1)N1NC(Nc2ccc(C(=O)O)cc2)C2C(=O)NCCC21. The molecule has 0 radical (unpaired) electrons. The van der Waals surface area contributed by atoms with Gasteiger partial charge in [0, 0.05) is 24.3 Å². The summed E-state index contributed by atoms with van der Waals surface area (Å²) in [5, 5.41) is 26.7. The van der Waals surface area contributed by atoms with Crippen LogP contribution in [0, 0.1) is 23.2 Å². The number of anilines is 1. The number of amides is 1. The monoisotopic (exact) mass is 369 g/mol. The number of hydrogen-bond acceptors (Lipinski definition) is 6. The molecule has 1 amide bonds. The Kier molecular flexibility index (Phi) is 4.72. The Hall–Kier alpha value is -2.63. The Morgan fingerprint density at radius 3 is 2.70 bits per heavy atom. The predicted octanol–water partition coefficient (Wildman–Crippen LogP) is 1.14. The van der Waals surface area contributed by atoms with Gasteiger partial charge in [-0.05, 0) is 49.4 Å². The minimum Gasteiger partial charge on any atom is -0.478 e. The Bertz CT molecular complexity index is 771. The van der Waals surface area contributed by atoms with E-state index in [1.165, 1.54) is 0 Å². The summed E-state index contributed by atoms with van der Waals surface area (Å²) in [6, 6.07) is 8.96. The van der Waals surface area contributed by atoms with Crippen molar-refractivity contribution in [2.75, 3.05) is 11.9 Å². The standard InChI is InChI=1S/C19H23N5O3/c20-9-7-14(11-1-2-11)24-15-8-10-21-18(25)16(15)17(23-24)22-13-5-3-12(4-6-13)19(26)27/h3-6,11,14-17,22-23H,1-2,7-8,10H2,(H,21,25)(H,26,27)/t14-,15?,16?,17?/m0/s1. The van der Waals surface area contributed by atoms with Crippen molar-refractivity contribution < 1.29 is 14.7 Å². The van der Waals surface area contributed by atoms with Gasteiger partial charge in [0.15, 0.2) is 0 Å². The molecular formula is C19H23N5O3. The molecule has 0 bridgehead atoms. The number of carboxylic acid groups (broad SMARTS) is 1. The maximum Gasteiger partial charge on any atom is 0.335 e. The molecule has 4 atom stereocenters. The third-order valence-electron chi connectivity index (χ3n) is 5.74. The number of nitrogens with zero attached hydrogens (tertiary/aromatic N) is 2. The highest BCUT2D eigenvalue weighted by atomic mass is 16.4. The number of hydrazine groups is 1. The van der Waals surface area contributed by atoms with Gasteiger partial charge in [-0.1, -0.05) is 0 Å². The number of aromatic carboxylic acids is 1. The lowest BCUT2D eigenvalue weighted by atomic mass is 9.90. The molecule has 27 heavy (non-hydrogen) atoms. The van der Waals surface area contributed by atoms with Gasteiger partial charge < -0.3 is 15.7 Å². The van der Waals surface area contributed by atoms with Crippen LogP contribution in [0.4, 0.5) is 5.69 Å². The maximum absolute atomic E-state index is 12.6. The first-order chi connectivity index (χ1) is 13.1. The van der Waals surface area contributed by atoms with Crippen molar-refractivity contribution in [1.29, 1.82) is 5.26 Å². The number of carboxylic acids is 1. The molecule has 1 aliphatic carbocycles. The van der Waals surface area contributed by atoms with Gasteiger partial charge in [0.05, 0.1) is 24.0 Å². The Morgan fingerprint density at radius 1 is 1.33 bits per heavy atom. The third kappa shape index (κ3) is 3.48. The lowest BCUT2D eigenvalue weighted by molar-refractivity contribution is -0.128. The van der Waals surface area contributed by atoms with Crippen LogP contribution < -0.4 is 16.1 Å². The Morgan fingerprint density at radius 2 is 2.07 bits per heavy atom. The number of hydrogen-bond donors (Lipinski definition) is 4. The summed E-state index contributed by atoms with van der Waals surface area (Å²) < 4.78 is 0. The molecule has 0 aromatic heterocycles. The number of nitriles is 1. The average Bonchev–Trinajstić information content (AvgIpc) is 3.43. The van der Waals surface area contributed by atoms with Gasteiger partial charge in [0.1, 0.15) is 6.17 Å². The Balaban J connectivity index is 1.55. The number of benzene rings is 1. The summed E-state index contributed by atoms with van der Waals surface area (Å²) in [4.78, 5) is 23.6. The normalized spacial score (nSPS) is 28.7. The molecule has 3 unspecified atom stereocenters. The maximum atomic E-state index is 12.6. The summed E-state index contributed by atoms with van der Waals surface area (Å²) in [5.74, 6) is -0.719.